The summed E-state index contributed by atoms with van der Waals surface area (Å²) in [5.74, 6) is -0.0879. The van der Waals surface area contributed by atoms with Gasteiger partial charge in [-0.05, 0) is 12.1 Å². The highest BCUT2D eigenvalue weighted by atomic mass is 16.5. The Morgan fingerprint density at radius 1 is 0.407 bits per heavy atom. The van der Waals surface area contributed by atoms with Crippen LogP contribution in [0.15, 0.2) is 170 Å². The molecule has 0 N–H and O–H groups in total. The second-order valence-corrected chi connectivity index (χ2v) is 12.4. The van der Waals surface area contributed by atoms with Gasteiger partial charge in [-0.3, -0.25) is 0 Å². The molecule has 262 valence electrons. The predicted molar refractivity (Wildman–Crippen MR) is 211 cm³/mol. The van der Waals surface area contributed by atoms with Crippen LogP contribution in [0.1, 0.15) is 20.7 Å². The van der Waals surface area contributed by atoms with E-state index in [0.717, 1.165) is 33.6 Å². The number of aromatic nitrogens is 4. The minimum Gasteiger partial charge on any atom is -0.465 e. The zero-order valence-electron chi connectivity index (χ0n) is 29.6. The van der Waals surface area contributed by atoms with Crippen LogP contribution in [0.2, 0.25) is 0 Å². The molecule has 54 heavy (non-hydrogen) atoms. The van der Waals surface area contributed by atoms with Gasteiger partial charge in [0.25, 0.3) is 0 Å². The fourth-order valence-corrected chi connectivity index (χ4v) is 6.80. The molecule has 0 aliphatic heterocycles. The van der Waals surface area contributed by atoms with Crippen molar-refractivity contribution in [2.45, 2.75) is 0 Å². The summed E-state index contributed by atoms with van der Waals surface area (Å²) in [6, 6.07) is 54.5. The first-order valence-corrected chi connectivity index (χ1v) is 17.4. The van der Waals surface area contributed by atoms with Crippen LogP contribution < -0.4 is 0 Å². The molecule has 0 atom stereocenters. The van der Waals surface area contributed by atoms with E-state index < -0.39 is 11.9 Å². The molecule has 2 heterocycles. The molecule has 8 rings (SSSR count). The number of nitrogens with zero attached hydrogens (tertiary/aromatic N) is 4. The highest BCUT2D eigenvalue weighted by Gasteiger charge is 2.32. The Morgan fingerprint density at radius 2 is 0.704 bits per heavy atom. The topological polar surface area (TPSA) is 88.2 Å². The number of methoxy groups -OCH3 is 2. The Hall–Kier alpha value is -7.32. The lowest BCUT2D eigenvalue weighted by Gasteiger charge is -2.21. The van der Waals surface area contributed by atoms with E-state index in [1.165, 1.54) is 14.2 Å². The maximum absolute atomic E-state index is 13.5. The molecule has 0 fully saturated rings. The monoisotopic (exact) mass is 706 g/mol. The van der Waals surface area contributed by atoms with Crippen LogP contribution in [-0.2, 0) is 9.47 Å². The smallest absolute Gasteiger partial charge is 0.338 e. The largest absolute Gasteiger partial charge is 0.465 e. The molecular weight excluding hydrogens is 673 g/mol. The maximum Gasteiger partial charge on any atom is 0.338 e. The van der Waals surface area contributed by atoms with Gasteiger partial charge in [0.15, 0.2) is 11.6 Å². The minimum atomic E-state index is -0.502. The molecule has 0 radical (unpaired) electrons. The molecule has 0 aliphatic carbocycles. The van der Waals surface area contributed by atoms with Crippen LogP contribution in [0.3, 0.4) is 0 Å². The zero-order valence-corrected chi connectivity index (χ0v) is 29.6. The minimum absolute atomic E-state index is 0.339. The van der Waals surface area contributed by atoms with Gasteiger partial charge in [0.1, 0.15) is 0 Å². The Morgan fingerprint density at radius 3 is 1.04 bits per heavy atom. The third-order valence-electron chi connectivity index (χ3n) is 9.24. The summed E-state index contributed by atoms with van der Waals surface area (Å²) in [6.45, 7) is 0. The number of esters is 2. The predicted octanol–water partition coefficient (Wildman–Crippen LogP) is 9.97. The van der Waals surface area contributed by atoms with E-state index >= 15 is 0 Å². The fraction of sp³-hybridized carbons (Fsp3) is 0.0435. The number of benzene rings is 6. The zero-order chi connectivity index (χ0) is 37.0. The molecule has 0 spiro atoms. The Labute approximate surface area is 312 Å². The highest BCUT2D eigenvalue weighted by Crippen LogP contribution is 2.43. The summed E-state index contributed by atoms with van der Waals surface area (Å²) >= 11 is 0. The number of carbonyl (C=O) groups excluding carboxylic acids is 2. The van der Waals surface area contributed by atoms with Crippen molar-refractivity contribution in [1.82, 2.24) is 19.3 Å². The molecular formula is C46H34N4O4. The van der Waals surface area contributed by atoms with E-state index in [1.807, 2.05) is 155 Å². The van der Waals surface area contributed by atoms with Gasteiger partial charge in [-0.15, -0.1) is 0 Å². The molecule has 6 aromatic carbocycles. The first-order valence-electron chi connectivity index (χ1n) is 17.4. The van der Waals surface area contributed by atoms with Crippen molar-refractivity contribution in [3.05, 3.63) is 181 Å². The van der Waals surface area contributed by atoms with E-state index in [0.29, 0.717) is 45.3 Å². The molecule has 0 aliphatic rings. The first-order chi connectivity index (χ1) is 26.6. The van der Waals surface area contributed by atoms with E-state index in [4.69, 9.17) is 19.4 Å². The summed E-state index contributed by atoms with van der Waals surface area (Å²) in [5.41, 5.74) is 8.08. The van der Waals surface area contributed by atoms with Gasteiger partial charge in [0.2, 0.25) is 0 Å². The Balaban J connectivity index is 1.63. The third kappa shape index (κ3) is 6.05. The van der Waals surface area contributed by atoms with Gasteiger partial charge in [0.05, 0.1) is 48.1 Å². The fourth-order valence-electron chi connectivity index (χ4n) is 6.80. The molecule has 8 heteroatoms. The van der Waals surface area contributed by atoms with E-state index in [9.17, 15) is 9.59 Å². The lowest BCUT2D eigenvalue weighted by Crippen LogP contribution is -2.17. The molecule has 8 aromatic rings. The van der Waals surface area contributed by atoms with Crippen molar-refractivity contribution in [2.75, 3.05) is 14.2 Å². The van der Waals surface area contributed by atoms with Gasteiger partial charge < -0.3 is 9.47 Å². The quantitative estimate of drug-likeness (QED) is 0.139. The van der Waals surface area contributed by atoms with Crippen LogP contribution >= 0.6 is 0 Å². The van der Waals surface area contributed by atoms with Gasteiger partial charge in [0, 0.05) is 33.4 Å². The molecule has 0 saturated heterocycles. The SMILES string of the molecule is COC(=O)c1ccccc1-c1nc(-c2ccccc2)c(-c2ccccc2)n1-n1c(-c2ccccc2C(=O)OC)nc(-c2ccccc2)c1-c1ccccc1. The maximum atomic E-state index is 13.5. The van der Waals surface area contributed by atoms with Crippen molar-refractivity contribution < 1.29 is 19.1 Å². The summed E-state index contributed by atoms with van der Waals surface area (Å²) in [4.78, 5) is 37.8. The van der Waals surface area contributed by atoms with Gasteiger partial charge in [-0.25, -0.2) is 28.9 Å². The van der Waals surface area contributed by atoms with Crippen molar-refractivity contribution in [3.63, 3.8) is 0 Å². The Kier molecular flexibility index (Phi) is 9.22. The number of ether oxygens (including phenoxy) is 2. The van der Waals surface area contributed by atoms with Crippen LogP contribution in [0.4, 0.5) is 0 Å². The lowest BCUT2D eigenvalue weighted by atomic mass is 10.0. The molecule has 8 nitrogen and oxygen atoms in total. The number of hydrogen-bond acceptors (Lipinski definition) is 6. The second-order valence-electron chi connectivity index (χ2n) is 12.4. The molecule has 0 bridgehead atoms. The first kappa shape index (κ1) is 33.8. The van der Waals surface area contributed by atoms with E-state index in [2.05, 4.69) is 0 Å². The number of carbonyl (C=O) groups is 2. The van der Waals surface area contributed by atoms with Gasteiger partial charge in [-0.2, -0.15) is 0 Å². The summed E-state index contributed by atoms with van der Waals surface area (Å²) in [7, 11) is 2.74. The summed E-state index contributed by atoms with van der Waals surface area (Å²) in [6.07, 6.45) is 0. The average molecular weight is 707 g/mol. The molecule has 0 unspecified atom stereocenters. The molecule has 0 amide bonds. The van der Waals surface area contributed by atoms with Crippen LogP contribution in [-0.4, -0.2) is 45.5 Å². The van der Waals surface area contributed by atoms with Crippen molar-refractivity contribution in [2.24, 2.45) is 0 Å². The van der Waals surface area contributed by atoms with Crippen LogP contribution in [0.5, 0.6) is 0 Å². The van der Waals surface area contributed by atoms with Crippen LogP contribution in [0, 0.1) is 0 Å². The van der Waals surface area contributed by atoms with Crippen molar-refractivity contribution in [1.29, 1.82) is 0 Å². The van der Waals surface area contributed by atoms with Gasteiger partial charge >= 0.3 is 11.9 Å². The number of rotatable bonds is 9. The van der Waals surface area contributed by atoms with Crippen molar-refractivity contribution in [3.8, 4) is 67.8 Å². The normalized spacial score (nSPS) is 10.9. The average Bonchev–Trinajstić information content (AvgIpc) is 3.84. The summed E-state index contributed by atoms with van der Waals surface area (Å²) < 4.78 is 14.6. The molecule has 2 aromatic heterocycles. The third-order valence-corrected chi connectivity index (χ3v) is 9.24. The standard InChI is InChI=1S/C46H34N4O4/c1-53-45(51)37-29-17-15-27-35(37)43-47-39(31-19-7-3-8-20-31)41(33-23-11-5-12-24-33)49(43)50-42(34-25-13-6-14-26-34)40(32-21-9-4-10-22-32)48-44(50)36-28-16-18-30-38(36)46(52)54-2/h3-30H,1-2H3. The lowest BCUT2D eigenvalue weighted by molar-refractivity contribution is 0.0592. The van der Waals surface area contributed by atoms with Crippen LogP contribution in [0.25, 0.3) is 67.8 Å². The summed E-state index contributed by atoms with van der Waals surface area (Å²) in [5, 5.41) is 0. The second kappa shape index (κ2) is 14.7. The van der Waals surface area contributed by atoms with Gasteiger partial charge in [-0.1, -0.05) is 158 Å². The van der Waals surface area contributed by atoms with Crippen molar-refractivity contribution >= 4 is 11.9 Å². The van der Waals surface area contributed by atoms with E-state index in [1.54, 1.807) is 24.3 Å². The Bertz CT molecular complexity index is 2410. The highest BCUT2D eigenvalue weighted by molar-refractivity contribution is 5.99. The molecule has 0 saturated carbocycles. The number of hydrogen-bond donors (Lipinski definition) is 0. The number of imidazole rings is 2. The van der Waals surface area contributed by atoms with E-state index in [-0.39, 0.29) is 0 Å².